The van der Waals surface area contributed by atoms with Gasteiger partial charge in [-0.2, -0.15) is 5.26 Å². The van der Waals surface area contributed by atoms with Crippen molar-refractivity contribution in [3.8, 4) is 6.07 Å². The molecular formula is C10H14N4OS. The standard InChI is InChI=1S/C10H14N4OS/c1-3-13-9(15)8-7(12)6(5-11)10(16-8)14-4-2/h14H,3-4,12H2,1-2H3,(H,13,15). The van der Waals surface area contributed by atoms with Crippen LogP contribution >= 0.6 is 11.3 Å². The second-order valence-electron chi connectivity index (χ2n) is 3.05. The van der Waals surface area contributed by atoms with Gasteiger partial charge in [0.05, 0.1) is 5.69 Å². The van der Waals surface area contributed by atoms with Crippen molar-refractivity contribution in [1.82, 2.24) is 5.32 Å². The number of nitrogen functional groups attached to an aromatic ring is 1. The Bertz CT molecular complexity index is 433. The first-order chi connectivity index (χ1) is 7.65. The number of hydrogen-bond acceptors (Lipinski definition) is 5. The van der Waals surface area contributed by atoms with Gasteiger partial charge in [-0.15, -0.1) is 11.3 Å². The molecule has 0 saturated carbocycles. The van der Waals surface area contributed by atoms with Gasteiger partial charge in [0.1, 0.15) is 21.5 Å². The summed E-state index contributed by atoms with van der Waals surface area (Å²) < 4.78 is 0. The van der Waals surface area contributed by atoms with Gasteiger partial charge in [-0.25, -0.2) is 0 Å². The molecule has 0 aliphatic carbocycles. The largest absolute Gasteiger partial charge is 0.396 e. The number of nitriles is 1. The van der Waals surface area contributed by atoms with Crippen LogP contribution in [0.25, 0.3) is 0 Å². The Labute approximate surface area is 98.3 Å². The molecule has 5 nitrogen and oxygen atoms in total. The average Bonchev–Trinajstić information content (AvgIpc) is 2.56. The zero-order chi connectivity index (χ0) is 12.1. The molecule has 0 atom stereocenters. The van der Waals surface area contributed by atoms with Crippen LogP contribution < -0.4 is 16.4 Å². The van der Waals surface area contributed by atoms with Crippen molar-refractivity contribution >= 4 is 27.9 Å². The van der Waals surface area contributed by atoms with Crippen LogP contribution in [0.4, 0.5) is 10.7 Å². The third-order valence-electron chi connectivity index (χ3n) is 1.94. The number of thiophene rings is 1. The molecule has 4 N–H and O–H groups in total. The van der Waals surface area contributed by atoms with Crippen LogP contribution in [-0.2, 0) is 0 Å². The van der Waals surface area contributed by atoms with E-state index in [1.807, 2.05) is 19.9 Å². The molecule has 0 spiro atoms. The molecule has 0 aliphatic heterocycles. The minimum Gasteiger partial charge on any atom is -0.396 e. The molecule has 0 aliphatic rings. The first-order valence-electron chi connectivity index (χ1n) is 5.00. The Hall–Kier alpha value is -1.74. The minimum absolute atomic E-state index is 0.231. The molecule has 0 radical (unpaired) electrons. The van der Waals surface area contributed by atoms with Crippen LogP contribution in [0.15, 0.2) is 0 Å². The molecule has 1 amide bonds. The second-order valence-corrected chi connectivity index (χ2v) is 4.07. The average molecular weight is 238 g/mol. The summed E-state index contributed by atoms with van der Waals surface area (Å²) in [5, 5.41) is 15.3. The highest BCUT2D eigenvalue weighted by atomic mass is 32.1. The zero-order valence-electron chi connectivity index (χ0n) is 9.26. The quantitative estimate of drug-likeness (QED) is 0.739. The van der Waals surface area contributed by atoms with Gasteiger partial charge in [0, 0.05) is 13.1 Å². The Morgan fingerprint density at radius 1 is 1.50 bits per heavy atom. The maximum absolute atomic E-state index is 11.6. The topological polar surface area (TPSA) is 90.9 Å². The van der Waals surface area contributed by atoms with E-state index in [1.165, 1.54) is 11.3 Å². The molecule has 1 aromatic rings. The molecule has 0 unspecified atom stereocenters. The van der Waals surface area contributed by atoms with Crippen LogP contribution in [0.5, 0.6) is 0 Å². The lowest BCUT2D eigenvalue weighted by atomic mass is 10.2. The third kappa shape index (κ3) is 2.25. The normalized spacial score (nSPS) is 9.56. The van der Waals surface area contributed by atoms with Gasteiger partial charge in [0.2, 0.25) is 0 Å². The van der Waals surface area contributed by atoms with Crippen LogP contribution in [0.2, 0.25) is 0 Å². The van der Waals surface area contributed by atoms with E-state index in [9.17, 15) is 4.79 Å². The molecule has 86 valence electrons. The minimum atomic E-state index is -0.231. The summed E-state index contributed by atoms with van der Waals surface area (Å²) in [5.41, 5.74) is 6.38. The molecule has 1 aromatic heterocycles. The van der Waals surface area contributed by atoms with Gasteiger partial charge in [0.15, 0.2) is 0 Å². The Balaban J connectivity index is 3.13. The molecule has 6 heteroatoms. The van der Waals surface area contributed by atoms with E-state index >= 15 is 0 Å². The molecule has 1 heterocycles. The lowest BCUT2D eigenvalue weighted by Crippen LogP contribution is -2.22. The van der Waals surface area contributed by atoms with Crippen molar-refractivity contribution in [2.75, 3.05) is 24.1 Å². The van der Waals surface area contributed by atoms with E-state index in [4.69, 9.17) is 11.0 Å². The van der Waals surface area contributed by atoms with Crippen LogP contribution in [0.1, 0.15) is 29.1 Å². The number of rotatable bonds is 4. The van der Waals surface area contributed by atoms with E-state index in [0.29, 0.717) is 28.5 Å². The van der Waals surface area contributed by atoms with E-state index in [-0.39, 0.29) is 11.6 Å². The molecule has 16 heavy (non-hydrogen) atoms. The predicted molar refractivity (Wildman–Crippen MR) is 65.6 cm³/mol. The number of nitrogens with zero attached hydrogens (tertiary/aromatic N) is 1. The van der Waals surface area contributed by atoms with E-state index in [1.54, 1.807) is 0 Å². The van der Waals surface area contributed by atoms with E-state index in [2.05, 4.69) is 10.6 Å². The van der Waals surface area contributed by atoms with Crippen molar-refractivity contribution in [2.24, 2.45) is 0 Å². The first-order valence-corrected chi connectivity index (χ1v) is 5.81. The lowest BCUT2D eigenvalue weighted by Gasteiger charge is -1.99. The maximum Gasteiger partial charge on any atom is 0.263 e. The third-order valence-corrected chi connectivity index (χ3v) is 3.10. The number of carbonyl (C=O) groups excluding carboxylic acids is 1. The SMILES string of the molecule is CCNC(=O)c1sc(NCC)c(C#N)c1N. The number of anilines is 2. The van der Waals surface area contributed by atoms with Crippen molar-refractivity contribution in [2.45, 2.75) is 13.8 Å². The number of nitrogens with one attached hydrogen (secondary N) is 2. The highest BCUT2D eigenvalue weighted by molar-refractivity contribution is 7.18. The van der Waals surface area contributed by atoms with Crippen molar-refractivity contribution in [3.63, 3.8) is 0 Å². The fourth-order valence-electron chi connectivity index (χ4n) is 1.25. The number of nitrogens with two attached hydrogens (primary N) is 1. The molecule has 0 fully saturated rings. The fraction of sp³-hybridized carbons (Fsp3) is 0.400. The van der Waals surface area contributed by atoms with Crippen molar-refractivity contribution < 1.29 is 4.79 Å². The summed E-state index contributed by atoms with van der Waals surface area (Å²) in [4.78, 5) is 12.0. The van der Waals surface area contributed by atoms with Crippen LogP contribution in [0, 0.1) is 11.3 Å². The Kier molecular flexibility index (Phi) is 4.14. The van der Waals surface area contributed by atoms with Crippen LogP contribution in [-0.4, -0.2) is 19.0 Å². The van der Waals surface area contributed by atoms with Gasteiger partial charge < -0.3 is 16.4 Å². The maximum atomic E-state index is 11.6. The lowest BCUT2D eigenvalue weighted by molar-refractivity contribution is 0.0960. The van der Waals surface area contributed by atoms with Gasteiger partial charge in [-0.1, -0.05) is 0 Å². The smallest absolute Gasteiger partial charge is 0.263 e. The summed E-state index contributed by atoms with van der Waals surface area (Å²) in [7, 11) is 0. The Morgan fingerprint density at radius 3 is 2.69 bits per heavy atom. The predicted octanol–water partition coefficient (Wildman–Crippen LogP) is 1.38. The van der Waals surface area contributed by atoms with Crippen LogP contribution in [0.3, 0.4) is 0 Å². The summed E-state index contributed by atoms with van der Waals surface area (Å²) in [6.07, 6.45) is 0. The van der Waals surface area contributed by atoms with Gasteiger partial charge in [-0.05, 0) is 13.8 Å². The number of hydrogen-bond donors (Lipinski definition) is 3. The molecule has 0 bridgehead atoms. The summed E-state index contributed by atoms with van der Waals surface area (Å²) in [6, 6.07) is 2.01. The molecular weight excluding hydrogens is 224 g/mol. The highest BCUT2D eigenvalue weighted by Crippen LogP contribution is 2.34. The van der Waals surface area contributed by atoms with Gasteiger partial charge in [-0.3, -0.25) is 4.79 Å². The van der Waals surface area contributed by atoms with Gasteiger partial charge >= 0.3 is 0 Å². The second kappa shape index (κ2) is 5.37. The molecule has 0 aromatic carbocycles. The summed E-state index contributed by atoms with van der Waals surface area (Å²) in [6.45, 7) is 4.97. The fourth-order valence-corrected chi connectivity index (χ4v) is 2.30. The van der Waals surface area contributed by atoms with E-state index < -0.39 is 0 Å². The van der Waals surface area contributed by atoms with Crippen molar-refractivity contribution in [1.29, 1.82) is 5.26 Å². The van der Waals surface area contributed by atoms with E-state index in [0.717, 1.165) is 0 Å². The molecule has 1 rings (SSSR count). The Morgan fingerprint density at radius 2 is 2.19 bits per heavy atom. The van der Waals surface area contributed by atoms with Gasteiger partial charge in [0.25, 0.3) is 5.91 Å². The number of carbonyl (C=O) groups is 1. The summed E-state index contributed by atoms with van der Waals surface area (Å²) in [5.74, 6) is -0.231. The zero-order valence-corrected chi connectivity index (χ0v) is 10.1. The van der Waals surface area contributed by atoms with Crippen molar-refractivity contribution in [3.05, 3.63) is 10.4 Å². The summed E-state index contributed by atoms with van der Waals surface area (Å²) >= 11 is 1.21. The monoisotopic (exact) mass is 238 g/mol. The number of amides is 1. The highest BCUT2D eigenvalue weighted by Gasteiger charge is 2.19. The molecule has 0 saturated heterocycles. The first kappa shape index (κ1) is 12.3.